The Balaban J connectivity index is 1.49. The van der Waals surface area contributed by atoms with E-state index in [-0.39, 0.29) is 18.6 Å². The molecule has 0 amide bonds. The SMILES string of the molecule is CC(Nc1nccc(-n2cnc3cc(NCC(=O)OC(C)(C)C)ccc32)n1)c1ccccc1. The van der Waals surface area contributed by atoms with Gasteiger partial charge in [-0.3, -0.25) is 9.36 Å². The molecule has 0 saturated heterocycles. The lowest BCUT2D eigenvalue weighted by molar-refractivity contribution is -0.152. The summed E-state index contributed by atoms with van der Waals surface area (Å²) in [6.45, 7) is 7.70. The van der Waals surface area contributed by atoms with Gasteiger partial charge in [0.25, 0.3) is 0 Å². The zero-order chi connectivity index (χ0) is 23.4. The lowest BCUT2D eigenvalue weighted by Gasteiger charge is -2.19. The number of anilines is 2. The summed E-state index contributed by atoms with van der Waals surface area (Å²) in [5, 5.41) is 6.45. The predicted molar refractivity (Wildman–Crippen MR) is 129 cm³/mol. The molecular weight excluding hydrogens is 416 g/mol. The molecule has 0 aliphatic rings. The first-order valence-electron chi connectivity index (χ1n) is 10.9. The van der Waals surface area contributed by atoms with Crippen LogP contribution in [0.4, 0.5) is 11.6 Å². The molecule has 4 rings (SSSR count). The number of benzene rings is 2. The third kappa shape index (κ3) is 5.65. The molecule has 4 aromatic rings. The summed E-state index contributed by atoms with van der Waals surface area (Å²) in [6, 6.07) is 17.8. The van der Waals surface area contributed by atoms with Gasteiger partial charge in [-0.15, -0.1) is 0 Å². The molecule has 2 heterocycles. The summed E-state index contributed by atoms with van der Waals surface area (Å²) in [4.78, 5) is 25.5. The first-order chi connectivity index (χ1) is 15.8. The number of hydrogen-bond donors (Lipinski definition) is 2. The van der Waals surface area contributed by atoms with Crippen LogP contribution in [0.25, 0.3) is 16.9 Å². The van der Waals surface area contributed by atoms with E-state index >= 15 is 0 Å². The van der Waals surface area contributed by atoms with Gasteiger partial charge < -0.3 is 15.4 Å². The number of ether oxygens (including phenoxy) is 1. The molecule has 8 nitrogen and oxygen atoms in total. The van der Waals surface area contributed by atoms with Gasteiger partial charge in [-0.1, -0.05) is 30.3 Å². The Labute approximate surface area is 193 Å². The maximum absolute atomic E-state index is 12.0. The van der Waals surface area contributed by atoms with E-state index in [2.05, 4.69) is 44.6 Å². The van der Waals surface area contributed by atoms with Gasteiger partial charge in [0.05, 0.1) is 17.1 Å². The van der Waals surface area contributed by atoms with Gasteiger partial charge in [0.2, 0.25) is 5.95 Å². The van der Waals surface area contributed by atoms with Gasteiger partial charge in [-0.05, 0) is 57.5 Å². The first-order valence-corrected chi connectivity index (χ1v) is 10.9. The maximum Gasteiger partial charge on any atom is 0.325 e. The monoisotopic (exact) mass is 444 g/mol. The molecule has 0 radical (unpaired) electrons. The second-order valence-electron chi connectivity index (χ2n) is 8.77. The van der Waals surface area contributed by atoms with Crippen molar-refractivity contribution in [2.24, 2.45) is 0 Å². The quantitative estimate of drug-likeness (QED) is 0.398. The van der Waals surface area contributed by atoms with Crippen LogP contribution in [0.5, 0.6) is 0 Å². The largest absolute Gasteiger partial charge is 0.459 e. The fourth-order valence-corrected chi connectivity index (χ4v) is 3.43. The molecule has 2 aromatic carbocycles. The minimum atomic E-state index is -0.508. The highest BCUT2D eigenvalue weighted by molar-refractivity contribution is 5.82. The Morgan fingerprint density at radius 2 is 1.88 bits per heavy atom. The smallest absolute Gasteiger partial charge is 0.325 e. The van der Waals surface area contributed by atoms with Crippen LogP contribution in [0.1, 0.15) is 39.3 Å². The van der Waals surface area contributed by atoms with Crippen LogP contribution in [-0.4, -0.2) is 37.6 Å². The highest BCUT2D eigenvalue weighted by atomic mass is 16.6. The van der Waals surface area contributed by atoms with Crippen LogP contribution in [0.3, 0.4) is 0 Å². The molecule has 0 aliphatic carbocycles. The molecule has 2 aromatic heterocycles. The number of carbonyl (C=O) groups excluding carboxylic acids is 1. The summed E-state index contributed by atoms with van der Waals surface area (Å²) < 4.78 is 7.24. The van der Waals surface area contributed by atoms with Crippen LogP contribution in [0, 0.1) is 0 Å². The van der Waals surface area contributed by atoms with Crippen molar-refractivity contribution >= 4 is 28.6 Å². The zero-order valence-corrected chi connectivity index (χ0v) is 19.2. The summed E-state index contributed by atoms with van der Waals surface area (Å²) >= 11 is 0. The number of carbonyl (C=O) groups is 1. The van der Waals surface area contributed by atoms with Crippen LogP contribution in [-0.2, 0) is 9.53 Å². The Morgan fingerprint density at radius 3 is 2.64 bits per heavy atom. The van der Waals surface area contributed by atoms with Crippen molar-refractivity contribution in [1.29, 1.82) is 0 Å². The molecule has 0 fully saturated rings. The third-order valence-corrected chi connectivity index (χ3v) is 4.94. The minimum absolute atomic E-state index is 0.0691. The average molecular weight is 445 g/mol. The fourth-order valence-electron chi connectivity index (χ4n) is 3.43. The molecule has 170 valence electrons. The van der Waals surface area contributed by atoms with E-state index in [1.807, 2.05) is 67.8 Å². The number of nitrogens with one attached hydrogen (secondary N) is 2. The maximum atomic E-state index is 12.0. The van der Waals surface area contributed by atoms with E-state index < -0.39 is 5.60 Å². The highest BCUT2D eigenvalue weighted by Crippen LogP contribution is 2.22. The summed E-state index contributed by atoms with van der Waals surface area (Å²) in [5.41, 5.74) is 3.13. The highest BCUT2D eigenvalue weighted by Gasteiger charge is 2.16. The van der Waals surface area contributed by atoms with E-state index in [0.717, 1.165) is 22.3 Å². The van der Waals surface area contributed by atoms with Crippen LogP contribution >= 0.6 is 0 Å². The van der Waals surface area contributed by atoms with Gasteiger partial charge in [-0.2, -0.15) is 4.98 Å². The van der Waals surface area contributed by atoms with E-state index in [4.69, 9.17) is 4.74 Å². The molecular formula is C25H28N6O2. The molecule has 33 heavy (non-hydrogen) atoms. The van der Waals surface area contributed by atoms with Crippen LogP contribution < -0.4 is 10.6 Å². The number of esters is 1. The van der Waals surface area contributed by atoms with Gasteiger partial charge in [0.1, 0.15) is 24.3 Å². The van der Waals surface area contributed by atoms with Crippen LogP contribution in [0.15, 0.2) is 67.1 Å². The number of nitrogens with zero attached hydrogens (tertiary/aromatic N) is 4. The van der Waals surface area contributed by atoms with E-state index in [1.165, 1.54) is 0 Å². The predicted octanol–water partition coefficient (Wildman–Crippen LogP) is 4.74. The van der Waals surface area contributed by atoms with E-state index in [0.29, 0.717) is 11.8 Å². The topological polar surface area (TPSA) is 94.0 Å². The molecule has 1 atom stereocenters. The van der Waals surface area contributed by atoms with Crippen molar-refractivity contribution in [2.75, 3.05) is 17.2 Å². The van der Waals surface area contributed by atoms with Crippen molar-refractivity contribution in [3.8, 4) is 5.82 Å². The Hall–Kier alpha value is -3.94. The van der Waals surface area contributed by atoms with Crippen molar-refractivity contribution in [3.05, 3.63) is 72.7 Å². The first kappa shape index (κ1) is 22.3. The molecule has 0 bridgehead atoms. The zero-order valence-electron chi connectivity index (χ0n) is 19.2. The van der Waals surface area contributed by atoms with Crippen molar-refractivity contribution in [2.45, 2.75) is 39.3 Å². The summed E-state index contributed by atoms with van der Waals surface area (Å²) in [5.74, 6) is 0.949. The number of rotatable bonds is 7. The summed E-state index contributed by atoms with van der Waals surface area (Å²) in [7, 11) is 0. The minimum Gasteiger partial charge on any atom is -0.459 e. The molecule has 0 aliphatic heterocycles. The molecule has 1 unspecified atom stereocenters. The van der Waals surface area contributed by atoms with Crippen LogP contribution in [0.2, 0.25) is 0 Å². The number of imidazole rings is 1. The van der Waals surface area contributed by atoms with Gasteiger partial charge in [0, 0.05) is 11.9 Å². The van der Waals surface area contributed by atoms with Crippen molar-refractivity contribution < 1.29 is 9.53 Å². The standard InChI is InChI=1S/C25H28N6O2/c1-17(18-8-6-5-7-9-18)29-24-26-13-12-22(30-24)31-16-28-20-14-19(10-11-21(20)31)27-15-23(32)33-25(2,3)4/h5-14,16-17,27H,15H2,1-4H3,(H,26,29,30). The van der Waals surface area contributed by atoms with Crippen molar-refractivity contribution in [1.82, 2.24) is 19.5 Å². The van der Waals surface area contributed by atoms with Gasteiger partial charge in [0.15, 0.2) is 0 Å². The number of hydrogen-bond acceptors (Lipinski definition) is 7. The molecule has 0 saturated carbocycles. The van der Waals surface area contributed by atoms with Gasteiger partial charge >= 0.3 is 5.97 Å². The van der Waals surface area contributed by atoms with E-state index in [1.54, 1.807) is 12.5 Å². The second-order valence-corrected chi connectivity index (χ2v) is 8.77. The number of aromatic nitrogens is 4. The average Bonchev–Trinajstić information content (AvgIpc) is 3.21. The van der Waals surface area contributed by atoms with Gasteiger partial charge in [-0.25, -0.2) is 9.97 Å². The molecule has 8 heteroatoms. The number of fused-ring (bicyclic) bond motifs is 1. The van der Waals surface area contributed by atoms with Crippen molar-refractivity contribution in [3.63, 3.8) is 0 Å². The second kappa shape index (κ2) is 9.28. The Kier molecular flexibility index (Phi) is 6.26. The Morgan fingerprint density at radius 1 is 1.09 bits per heavy atom. The third-order valence-electron chi connectivity index (χ3n) is 4.94. The summed E-state index contributed by atoms with van der Waals surface area (Å²) in [6.07, 6.45) is 3.46. The molecule has 0 spiro atoms. The van der Waals surface area contributed by atoms with E-state index in [9.17, 15) is 4.79 Å². The lowest BCUT2D eigenvalue weighted by atomic mass is 10.1. The molecule has 2 N–H and O–H groups in total. The fraction of sp³-hybridized carbons (Fsp3) is 0.280. The normalized spacial score (nSPS) is 12.4. The lowest BCUT2D eigenvalue weighted by Crippen LogP contribution is -2.28. The Bertz CT molecular complexity index is 1250.